The molecular formula is C13H15N5O. The molecule has 0 bridgehead atoms. The van der Waals surface area contributed by atoms with Crippen molar-refractivity contribution in [3.05, 3.63) is 48.1 Å². The second-order valence-electron chi connectivity index (χ2n) is 4.32. The Balaban J connectivity index is 1.93. The van der Waals surface area contributed by atoms with Crippen molar-refractivity contribution < 1.29 is 4.79 Å². The van der Waals surface area contributed by atoms with Gasteiger partial charge in [-0.2, -0.15) is 0 Å². The SMILES string of the molecule is Cc1cnc(C(=O)N[C@@H](C)Cc2cnccn2)cn1. The summed E-state index contributed by atoms with van der Waals surface area (Å²) in [4.78, 5) is 28.1. The van der Waals surface area contributed by atoms with Crippen LogP contribution < -0.4 is 5.32 Å². The highest BCUT2D eigenvalue weighted by molar-refractivity contribution is 5.92. The van der Waals surface area contributed by atoms with Gasteiger partial charge < -0.3 is 5.32 Å². The highest BCUT2D eigenvalue weighted by Gasteiger charge is 2.12. The molecule has 2 heterocycles. The molecule has 2 aromatic rings. The van der Waals surface area contributed by atoms with Crippen LogP contribution in [0.15, 0.2) is 31.0 Å². The van der Waals surface area contributed by atoms with Crippen LogP contribution in [0.4, 0.5) is 0 Å². The zero-order valence-electron chi connectivity index (χ0n) is 10.9. The van der Waals surface area contributed by atoms with Crippen LogP contribution >= 0.6 is 0 Å². The maximum absolute atomic E-state index is 11.9. The molecule has 0 unspecified atom stereocenters. The van der Waals surface area contributed by atoms with Gasteiger partial charge in [-0.05, 0) is 13.8 Å². The van der Waals surface area contributed by atoms with Crippen LogP contribution in [0.2, 0.25) is 0 Å². The van der Waals surface area contributed by atoms with Crippen LogP contribution in [0.5, 0.6) is 0 Å². The van der Waals surface area contributed by atoms with Gasteiger partial charge in [0.25, 0.3) is 5.91 Å². The van der Waals surface area contributed by atoms with Gasteiger partial charge in [0, 0.05) is 37.3 Å². The van der Waals surface area contributed by atoms with Gasteiger partial charge in [0.2, 0.25) is 0 Å². The lowest BCUT2D eigenvalue weighted by atomic mass is 10.2. The Hall–Kier alpha value is -2.37. The van der Waals surface area contributed by atoms with Crippen LogP contribution in [-0.4, -0.2) is 31.9 Å². The van der Waals surface area contributed by atoms with E-state index in [2.05, 4.69) is 25.3 Å². The topological polar surface area (TPSA) is 80.7 Å². The number of hydrogen-bond donors (Lipinski definition) is 1. The molecule has 1 atom stereocenters. The molecule has 0 saturated carbocycles. The molecule has 19 heavy (non-hydrogen) atoms. The summed E-state index contributed by atoms with van der Waals surface area (Å²) in [5.74, 6) is -0.233. The first-order valence-corrected chi connectivity index (χ1v) is 5.99. The number of amides is 1. The lowest BCUT2D eigenvalue weighted by Crippen LogP contribution is -2.34. The molecule has 1 N–H and O–H groups in total. The third-order valence-corrected chi connectivity index (χ3v) is 2.52. The van der Waals surface area contributed by atoms with Crippen molar-refractivity contribution in [2.75, 3.05) is 0 Å². The van der Waals surface area contributed by atoms with Crippen molar-refractivity contribution in [2.45, 2.75) is 26.3 Å². The fourth-order valence-corrected chi connectivity index (χ4v) is 1.61. The minimum atomic E-state index is -0.233. The second kappa shape index (κ2) is 5.99. The lowest BCUT2D eigenvalue weighted by Gasteiger charge is -2.12. The largest absolute Gasteiger partial charge is 0.348 e. The van der Waals surface area contributed by atoms with E-state index in [1.54, 1.807) is 24.8 Å². The monoisotopic (exact) mass is 257 g/mol. The average Bonchev–Trinajstić information content (AvgIpc) is 2.40. The minimum absolute atomic E-state index is 0.0488. The van der Waals surface area contributed by atoms with Gasteiger partial charge >= 0.3 is 0 Å². The fourth-order valence-electron chi connectivity index (χ4n) is 1.61. The van der Waals surface area contributed by atoms with Crippen molar-refractivity contribution in [2.24, 2.45) is 0 Å². The number of nitrogens with zero attached hydrogens (tertiary/aromatic N) is 4. The molecule has 6 heteroatoms. The molecule has 0 aliphatic rings. The zero-order chi connectivity index (χ0) is 13.7. The van der Waals surface area contributed by atoms with Crippen LogP contribution in [0.25, 0.3) is 0 Å². The fraction of sp³-hybridized carbons (Fsp3) is 0.308. The number of nitrogens with one attached hydrogen (secondary N) is 1. The molecule has 1 amide bonds. The van der Waals surface area contributed by atoms with Crippen molar-refractivity contribution in [3.8, 4) is 0 Å². The van der Waals surface area contributed by atoms with E-state index in [-0.39, 0.29) is 11.9 Å². The maximum atomic E-state index is 11.9. The first-order chi connectivity index (χ1) is 9.15. The predicted octanol–water partition coefficient (Wildman–Crippen LogP) is 0.936. The zero-order valence-corrected chi connectivity index (χ0v) is 10.9. The van der Waals surface area contributed by atoms with Crippen molar-refractivity contribution >= 4 is 5.91 Å². The van der Waals surface area contributed by atoms with Gasteiger partial charge in [0.15, 0.2) is 0 Å². The number of carbonyl (C=O) groups is 1. The third-order valence-electron chi connectivity index (χ3n) is 2.52. The van der Waals surface area contributed by atoms with Crippen molar-refractivity contribution in [1.82, 2.24) is 25.3 Å². The summed E-state index contributed by atoms with van der Waals surface area (Å²) in [5, 5.41) is 2.85. The number of carbonyl (C=O) groups excluding carboxylic acids is 1. The molecule has 98 valence electrons. The average molecular weight is 257 g/mol. The van der Waals surface area contributed by atoms with E-state index >= 15 is 0 Å². The predicted molar refractivity (Wildman–Crippen MR) is 69.4 cm³/mol. The lowest BCUT2D eigenvalue weighted by molar-refractivity contribution is 0.0934. The quantitative estimate of drug-likeness (QED) is 0.881. The molecule has 0 fully saturated rings. The Morgan fingerprint density at radius 2 is 2.05 bits per heavy atom. The normalized spacial score (nSPS) is 11.9. The summed E-state index contributed by atoms with van der Waals surface area (Å²) in [6, 6.07) is -0.0488. The van der Waals surface area contributed by atoms with Crippen molar-refractivity contribution in [3.63, 3.8) is 0 Å². The Morgan fingerprint density at radius 1 is 1.21 bits per heavy atom. The van der Waals surface area contributed by atoms with E-state index in [9.17, 15) is 4.79 Å². The number of aromatic nitrogens is 4. The van der Waals surface area contributed by atoms with Gasteiger partial charge in [-0.1, -0.05) is 0 Å². The minimum Gasteiger partial charge on any atom is -0.348 e. The van der Waals surface area contributed by atoms with E-state index < -0.39 is 0 Å². The van der Waals surface area contributed by atoms with E-state index in [1.807, 2.05) is 13.8 Å². The number of hydrogen-bond acceptors (Lipinski definition) is 5. The van der Waals surface area contributed by atoms with Gasteiger partial charge in [-0.15, -0.1) is 0 Å². The Labute approximate surface area is 111 Å². The van der Waals surface area contributed by atoms with Crippen LogP contribution in [0.1, 0.15) is 28.8 Å². The Morgan fingerprint density at radius 3 is 2.68 bits per heavy atom. The maximum Gasteiger partial charge on any atom is 0.271 e. The van der Waals surface area contributed by atoms with Crippen LogP contribution in [0, 0.1) is 6.92 Å². The third kappa shape index (κ3) is 3.80. The molecule has 0 radical (unpaired) electrons. The first kappa shape index (κ1) is 13.1. The van der Waals surface area contributed by atoms with Crippen LogP contribution in [0.3, 0.4) is 0 Å². The molecular weight excluding hydrogens is 242 g/mol. The standard InChI is InChI=1S/C13H15N5O/c1-9(5-11-7-14-3-4-15-11)18-13(19)12-8-16-10(2)6-17-12/h3-4,6-9H,5H2,1-2H3,(H,18,19)/t9-/m0/s1. The summed E-state index contributed by atoms with van der Waals surface area (Å²) in [5.41, 5.74) is 1.94. The van der Waals surface area contributed by atoms with E-state index in [0.717, 1.165) is 11.4 Å². The smallest absolute Gasteiger partial charge is 0.271 e. The highest BCUT2D eigenvalue weighted by atomic mass is 16.1. The summed E-state index contributed by atoms with van der Waals surface area (Å²) in [7, 11) is 0. The second-order valence-corrected chi connectivity index (χ2v) is 4.32. The first-order valence-electron chi connectivity index (χ1n) is 5.99. The van der Waals surface area contributed by atoms with Gasteiger partial charge in [0.1, 0.15) is 5.69 Å². The van der Waals surface area contributed by atoms with Crippen LogP contribution in [-0.2, 0) is 6.42 Å². The summed E-state index contributed by atoms with van der Waals surface area (Å²) >= 11 is 0. The Kier molecular flexibility index (Phi) is 4.12. The van der Waals surface area contributed by atoms with Gasteiger partial charge in [0.05, 0.1) is 17.6 Å². The number of rotatable bonds is 4. The van der Waals surface area contributed by atoms with Gasteiger partial charge in [-0.25, -0.2) is 4.98 Å². The molecule has 0 aliphatic carbocycles. The van der Waals surface area contributed by atoms with E-state index in [0.29, 0.717) is 12.1 Å². The molecule has 0 aliphatic heterocycles. The molecule has 2 rings (SSSR count). The molecule has 0 saturated heterocycles. The Bertz CT molecular complexity index is 541. The molecule has 0 spiro atoms. The molecule has 6 nitrogen and oxygen atoms in total. The number of aryl methyl sites for hydroxylation is 1. The summed E-state index contributed by atoms with van der Waals surface area (Å²) in [6.45, 7) is 3.74. The van der Waals surface area contributed by atoms with Crippen molar-refractivity contribution in [1.29, 1.82) is 0 Å². The highest BCUT2D eigenvalue weighted by Crippen LogP contribution is 1.99. The van der Waals surface area contributed by atoms with Gasteiger partial charge in [-0.3, -0.25) is 19.7 Å². The molecule has 2 aromatic heterocycles. The van der Waals surface area contributed by atoms with E-state index in [1.165, 1.54) is 6.20 Å². The summed E-state index contributed by atoms with van der Waals surface area (Å²) < 4.78 is 0. The molecule has 0 aromatic carbocycles. The summed E-state index contributed by atoms with van der Waals surface area (Å²) in [6.07, 6.45) is 8.61. The van der Waals surface area contributed by atoms with E-state index in [4.69, 9.17) is 0 Å².